The molecule has 8 heteroatoms. The number of carbonyl (C=O) groups is 1. The summed E-state index contributed by atoms with van der Waals surface area (Å²) in [4.78, 5) is 15.1. The van der Waals surface area contributed by atoms with E-state index in [1.165, 1.54) is 12.1 Å². The molecule has 2 atom stereocenters. The van der Waals surface area contributed by atoms with Gasteiger partial charge in [0.25, 0.3) is 5.91 Å². The molecule has 3 aromatic rings. The first-order chi connectivity index (χ1) is 16.3. The summed E-state index contributed by atoms with van der Waals surface area (Å²) < 4.78 is 33.8. The first-order valence-electron chi connectivity index (χ1n) is 11.3. The van der Waals surface area contributed by atoms with E-state index in [2.05, 4.69) is 28.8 Å². The predicted molar refractivity (Wildman–Crippen MR) is 134 cm³/mol. The molecule has 4 rings (SSSR count). The van der Waals surface area contributed by atoms with Gasteiger partial charge in [0.15, 0.2) is 0 Å². The molecule has 7 nitrogen and oxygen atoms in total. The van der Waals surface area contributed by atoms with Crippen LogP contribution in [0.15, 0.2) is 83.8 Å². The highest BCUT2D eigenvalue weighted by molar-refractivity contribution is 7.89. The molecule has 1 aliphatic rings. The maximum Gasteiger partial charge on any atom is 0.255 e. The predicted octanol–water partition coefficient (Wildman–Crippen LogP) is 4.03. The number of hydrogen-bond acceptors (Lipinski definition) is 5. The molecule has 178 valence electrons. The lowest BCUT2D eigenvalue weighted by Gasteiger charge is -2.36. The van der Waals surface area contributed by atoms with Crippen molar-refractivity contribution in [2.24, 2.45) is 0 Å². The summed E-state index contributed by atoms with van der Waals surface area (Å²) in [5.74, 6) is -0.374. The van der Waals surface area contributed by atoms with Crippen molar-refractivity contribution in [3.05, 3.63) is 90.0 Å². The first-order valence-corrected chi connectivity index (χ1v) is 12.7. The minimum atomic E-state index is -3.76. The molecule has 0 bridgehead atoms. The maximum atomic E-state index is 12.8. The highest BCUT2D eigenvalue weighted by atomic mass is 32.2. The SMILES string of the molecule is CC1CN(c2ccc(NC(=O)c3cccc(S(=O)(=O)NCc4ccccc4)c3)cc2)CC(C)O1. The van der Waals surface area contributed by atoms with Crippen LogP contribution in [0.3, 0.4) is 0 Å². The summed E-state index contributed by atoms with van der Waals surface area (Å²) in [7, 11) is -3.76. The molecule has 34 heavy (non-hydrogen) atoms. The van der Waals surface area contributed by atoms with Gasteiger partial charge < -0.3 is 15.0 Å². The van der Waals surface area contributed by atoms with E-state index in [0.717, 1.165) is 24.3 Å². The fourth-order valence-corrected chi connectivity index (χ4v) is 5.07. The molecule has 0 aliphatic carbocycles. The molecule has 0 radical (unpaired) electrons. The van der Waals surface area contributed by atoms with Crippen molar-refractivity contribution in [2.75, 3.05) is 23.3 Å². The van der Waals surface area contributed by atoms with E-state index in [1.54, 1.807) is 12.1 Å². The topological polar surface area (TPSA) is 87.7 Å². The fraction of sp³-hybridized carbons (Fsp3) is 0.269. The van der Waals surface area contributed by atoms with Crippen LogP contribution in [0.5, 0.6) is 0 Å². The van der Waals surface area contributed by atoms with Crippen LogP contribution in [0.4, 0.5) is 11.4 Å². The Morgan fingerprint density at radius 3 is 2.29 bits per heavy atom. The minimum Gasteiger partial charge on any atom is -0.372 e. The van der Waals surface area contributed by atoms with E-state index >= 15 is 0 Å². The van der Waals surface area contributed by atoms with Crippen LogP contribution in [0.25, 0.3) is 0 Å². The molecule has 0 aromatic heterocycles. The average molecular weight is 480 g/mol. The van der Waals surface area contributed by atoms with Gasteiger partial charge in [-0.2, -0.15) is 0 Å². The Bertz CT molecular complexity index is 1220. The number of morpholine rings is 1. The van der Waals surface area contributed by atoms with E-state index in [1.807, 2.05) is 54.6 Å². The van der Waals surface area contributed by atoms with Gasteiger partial charge in [0.1, 0.15) is 0 Å². The normalized spacial score (nSPS) is 18.5. The second-order valence-corrected chi connectivity index (χ2v) is 10.3. The lowest BCUT2D eigenvalue weighted by Crippen LogP contribution is -2.45. The zero-order chi connectivity index (χ0) is 24.1. The number of hydrogen-bond donors (Lipinski definition) is 2. The summed E-state index contributed by atoms with van der Waals surface area (Å²) >= 11 is 0. The monoisotopic (exact) mass is 479 g/mol. The van der Waals surface area contributed by atoms with Crippen molar-refractivity contribution in [3.63, 3.8) is 0 Å². The fourth-order valence-electron chi connectivity index (χ4n) is 4.01. The summed E-state index contributed by atoms with van der Waals surface area (Å²) in [6.45, 7) is 5.92. The number of nitrogens with one attached hydrogen (secondary N) is 2. The number of ether oxygens (including phenoxy) is 1. The van der Waals surface area contributed by atoms with Crippen LogP contribution in [-0.4, -0.2) is 39.6 Å². The molecular weight excluding hydrogens is 450 g/mol. The third-order valence-electron chi connectivity index (χ3n) is 5.63. The van der Waals surface area contributed by atoms with Crippen molar-refractivity contribution in [1.29, 1.82) is 0 Å². The molecule has 2 unspecified atom stereocenters. The molecule has 1 saturated heterocycles. The van der Waals surface area contributed by atoms with Crippen molar-refractivity contribution in [3.8, 4) is 0 Å². The van der Waals surface area contributed by atoms with Crippen LogP contribution < -0.4 is 14.9 Å². The Morgan fingerprint density at radius 2 is 1.62 bits per heavy atom. The number of anilines is 2. The quantitative estimate of drug-likeness (QED) is 0.534. The third kappa shape index (κ3) is 6.02. The molecule has 0 spiro atoms. The Morgan fingerprint density at radius 1 is 0.941 bits per heavy atom. The lowest BCUT2D eigenvalue weighted by molar-refractivity contribution is -0.00521. The number of benzene rings is 3. The van der Waals surface area contributed by atoms with Crippen LogP contribution in [0.1, 0.15) is 29.8 Å². The van der Waals surface area contributed by atoms with Crippen LogP contribution >= 0.6 is 0 Å². The average Bonchev–Trinajstić information content (AvgIpc) is 2.83. The summed E-state index contributed by atoms with van der Waals surface area (Å²) in [6.07, 6.45) is 0.322. The van der Waals surface area contributed by atoms with E-state index in [0.29, 0.717) is 5.69 Å². The molecular formula is C26H29N3O4S. The second-order valence-electron chi connectivity index (χ2n) is 8.50. The van der Waals surface area contributed by atoms with Crippen molar-refractivity contribution in [1.82, 2.24) is 4.72 Å². The molecule has 2 N–H and O–H groups in total. The number of nitrogens with zero attached hydrogens (tertiary/aromatic N) is 1. The molecule has 1 aliphatic heterocycles. The van der Waals surface area contributed by atoms with Gasteiger partial charge >= 0.3 is 0 Å². The van der Waals surface area contributed by atoms with E-state index in [9.17, 15) is 13.2 Å². The Hall–Kier alpha value is -3.20. The zero-order valence-corrected chi connectivity index (χ0v) is 20.1. The lowest BCUT2D eigenvalue weighted by atomic mass is 10.1. The van der Waals surface area contributed by atoms with Gasteiger partial charge in [-0.05, 0) is 61.9 Å². The van der Waals surface area contributed by atoms with Crippen molar-refractivity contribution < 1.29 is 17.9 Å². The Balaban J connectivity index is 1.41. The van der Waals surface area contributed by atoms with Crippen molar-refractivity contribution in [2.45, 2.75) is 37.5 Å². The highest BCUT2D eigenvalue weighted by Gasteiger charge is 2.22. The van der Waals surface area contributed by atoms with Gasteiger partial charge in [-0.1, -0.05) is 36.4 Å². The number of sulfonamides is 1. The standard InChI is InChI=1S/C26H29N3O4S/c1-19-17-29(18-20(2)33-19)24-13-11-23(12-14-24)28-26(30)22-9-6-10-25(15-22)34(31,32)27-16-21-7-4-3-5-8-21/h3-15,19-20,27H,16-18H2,1-2H3,(H,28,30). The zero-order valence-electron chi connectivity index (χ0n) is 19.3. The van der Waals surface area contributed by atoms with E-state index < -0.39 is 10.0 Å². The molecule has 0 saturated carbocycles. The second kappa shape index (κ2) is 10.4. The largest absolute Gasteiger partial charge is 0.372 e. The van der Waals surface area contributed by atoms with Gasteiger partial charge in [0.05, 0.1) is 17.1 Å². The minimum absolute atomic E-state index is 0.0435. The third-order valence-corrected chi connectivity index (χ3v) is 7.02. The van der Waals surface area contributed by atoms with E-state index in [4.69, 9.17) is 4.74 Å². The molecule has 3 aromatic carbocycles. The van der Waals surface area contributed by atoms with Crippen LogP contribution in [-0.2, 0) is 21.3 Å². The van der Waals surface area contributed by atoms with E-state index in [-0.39, 0.29) is 35.1 Å². The van der Waals surface area contributed by atoms with Crippen LogP contribution in [0, 0.1) is 0 Å². The molecule has 1 fully saturated rings. The van der Waals surface area contributed by atoms with Gasteiger partial charge in [-0.25, -0.2) is 13.1 Å². The maximum absolute atomic E-state index is 12.8. The summed E-state index contributed by atoms with van der Waals surface area (Å²) in [5.41, 5.74) is 2.82. The highest BCUT2D eigenvalue weighted by Crippen LogP contribution is 2.23. The first kappa shape index (κ1) is 23.9. The van der Waals surface area contributed by atoms with Gasteiger partial charge in [-0.3, -0.25) is 4.79 Å². The van der Waals surface area contributed by atoms with Gasteiger partial charge in [0, 0.05) is 36.6 Å². The smallest absolute Gasteiger partial charge is 0.255 e. The Labute approximate surface area is 200 Å². The molecule has 1 amide bonds. The van der Waals surface area contributed by atoms with Crippen LogP contribution in [0.2, 0.25) is 0 Å². The summed E-state index contributed by atoms with van der Waals surface area (Å²) in [6, 6.07) is 22.9. The molecule has 1 heterocycles. The number of amides is 1. The van der Waals surface area contributed by atoms with Gasteiger partial charge in [0.2, 0.25) is 10.0 Å². The summed E-state index contributed by atoms with van der Waals surface area (Å²) in [5, 5.41) is 2.85. The number of carbonyl (C=O) groups excluding carboxylic acids is 1. The Kier molecular flexibility index (Phi) is 7.31. The number of rotatable bonds is 7. The van der Waals surface area contributed by atoms with Gasteiger partial charge in [-0.15, -0.1) is 0 Å². The van der Waals surface area contributed by atoms with Crippen molar-refractivity contribution >= 4 is 27.3 Å².